The van der Waals surface area contributed by atoms with Crippen molar-refractivity contribution in [2.75, 3.05) is 7.05 Å². The smallest absolute Gasteiger partial charge is 0.237 e. The largest absolute Gasteiger partial charge is 0.352 e. The highest BCUT2D eigenvalue weighted by atomic mass is 16.2. The number of hydrogen-bond acceptors (Lipinski definition) is 3. The van der Waals surface area contributed by atoms with Crippen molar-refractivity contribution in [2.45, 2.75) is 64.6 Å². The Balaban J connectivity index is 1.93. The summed E-state index contributed by atoms with van der Waals surface area (Å²) in [6.45, 7) is 4.85. The SMILES string of the molecule is CC[C@H](C(=O)NC1CCCC1)N(C)Cc1ccnc(C)c1. The van der Waals surface area contributed by atoms with Crippen LogP contribution in [0.1, 0.15) is 50.3 Å². The molecule has 1 heterocycles. The third kappa shape index (κ3) is 4.53. The fourth-order valence-corrected chi connectivity index (χ4v) is 3.17. The van der Waals surface area contributed by atoms with Gasteiger partial charge < -0.3 is 5.32 Å². The van der Waals surface area contributed by atoms with Crippen LogP contribution in [0.15, 0.2) is 18.3 Å². The van der Waals surface area contributed by atoms with Gasteiger partial charge in [-0.05, 0) is 50.9 Å². The average molecular weight is 289 g/mol. The van der Waals surface area contributed by atoms with E-state index in [4.69, 9.17) is 0 Å². The molecule has 0 saturated heterocycles. The zero-order valence-electron chi connectivity index (χ0n) is 13.4. The van der Waals surface area contributed by atoms with Gasteiger partial charge >= 0.3 is 0 Å². The first-order chi connectivity index (χ1) is 10.1. The summed E-state index contributed by atoms with van der Waals surface area (Å²) in [5, 5.41) is 3.21. The first-order valence-electron chi connectivity index (χ1n) is 8.02. The van der Waals surface area contributed by atoms with Gasteiger partial charge in [0.2, 0.25) is 5.91 Å². The number of carbonyl (C=O) groups excluding carboxylic acids is 1. The van der Waals surface area contributed by atoms with Crippen LogP contribution in [0.25, 0.3) is 0 Å². The first-order valence-corrected chi connectivity index (χ1v) is 8.02. The summed E-state index contributed by atoms with van der Waals surface area (Å²) in [7, 11) is 2.03. The van der Waals surface area contributed by atoms with Crippen molar-refractivity contribution in [3.05, 3.63) is 29.6 Å². The number of aryl methyl sites for hydroxylation is 1. The number of hydrogen-bond donors (Lipinski definition) is 1. The summed E-state index contributed by atoms with van der Waals surface area (Å²) < 4.78 is 0. The minimum atomic E-state index is -0.0564. The number of carbonyl (C=O) groups is 1. The molecule has 4 nitrogen and oxygen atoms in total. The van der Waals surface area contributed by atoms with Crippen LogP contribution < -0.4 is 5.32 Å². The molecule has 0 aliphatic heterocycles. The molecule has 1 aliphatic rings. The molecular weight excluding hydrogens is 262 g/mol. The molecule has 1 amide bonds. The van der Waals surface area contributed by atoms with Crippen molar-refractivity contribution < 1.29 is 4.79 Å². The molecule has 0 radical (unpaired) electrons. The van der Waals surface area contributed by atoms with Crippen LogP contribution in [0.2, 0.25) is 0 Å². The van der Waals surface area contributed by atoms with Gasteiger partial charge in [0, 0.05) is 24.5 Å². The van der Waals surface area contributed by atoms with E-state index < -0.39 is 0 Å². The third-order valence-corrected chi connectivity index (χ3v) is 4.32. The monoisotopic (exact) mass is 289 g/mol. The van der Waals surface area contributed by atoms with Crippen LogP contribution in [-0.2, 0) is 11.3 Å². The first kappa shape index (κ1) is 16.0. The van der Waals surface area contributed by atoms with Gasteiger partial charge in [0.15, 0.2) is 0 Å². The lowest BCUT2D eigenvalue weighted by molar-refractivity contribution is -0.127. The van der Waals surface area contributed by atoms with Crippen molar-refractivity contribution in [1.82, 2.24) is 15.2 Å². The minimum absolute atomic E-state index is 0.0564. The van der Waals surface area contributed by atoms with Crippen molar-refractivity contribution in [3.8, 4) is 0 Å². The highest BCUT2D eigenvalue weighted by Gasteiger charge is 2.25. The van der Waals surface area contributed by atoms with Crippen LogP contribution in [-0.4, -0.2) is 34.9 Å². The van der Waals surface area contributed by atoms with Gasteiger partial charge in [0.1, 0.15) is 0 Å². The molecule has 1 aromatic heterocycles. The van der Waals surface area contributed by atoms with E-state index in [-0.39, 0.29) is 11.9 Å². The number of aromatic nitrogens is 1. The zero-order valence-corrected chi connectivity index (χ0v) is 13.4. The van der Waals surface area contributed by atoms with E-state index in [9.17, 15) is 4.79 Å². The highest BCUT2D eigenvalue weighted by molar-refractivity contribution is 5.82. The topological polar surface area (TPSA) is 45.2 Å². The normalized spacial score (nSPS) is 17.1. The molecule has 0 bridgehead atoms. The highest BCUT2D eigenvalue weighted by Crippen LogP contribution is 2.18. The van der Waals surface area contributed by atoms with Crippen LogP contribution in [0.3, 0.4) is 0 Å². The number of pyridine rings is 1. The fourth-order valence-electron chi connectivity index (χ4n) is 3.17. The minimum Gasteiger partial charge on any atom is -0.352 e. The molecule has 2 rings (SSSR count). The van der Waals surface area contributed by atoms with E-state index in [0.717, 1.165) is 31.5 Å². The number of amides is 1. The predicted octanol–water partition coefficient (Wildman–Crippen LogP) is 2.66. The second-order valence-corrected chi connectivity index (χ2v) is 6.13. The quantitative estimate of drug-likeness (QED) is 0.875. The summed E-state index contributed by atoms with van der Waals surface area (Å²) in [5.41, 5.74) is 2.22. The maximum atomic E-state index is 12.5. The Labute approximate surface area is 127 Å². The van der Waals surface area contributed by atoms with Crippen molar-refractivity contribution >= 4 is 5.91 Å². The lowest BCUT2D eigenvalue weighted by atomic mass is 10.1. The predicted molar refractivity (Wildman–Crippen MR) is 84.9 cm³/mol. The average Bonchev–Trinajstić information content (AvgIpc) is 2.92. The molecule has 116 valence electrons. The second kappa shape index (κ2) is 7.55. The Hall–Kier alpha value is -1.42. The van der Waals surface area contributed by atoms with Gasteiger partial charge in [-0.15, -0.1) is 0 Å². The molecule has 1 N–H and O–H groups in total. The van der Waals surface area contributed by atoms with Crippen LogP contribution in [0.5, 0.6) is 0 Å². The molecule has 0 unspecified atom stereocenters. The molecular formula is C17H27N3O. The Morgan fingerprint density at radius 2 is 2.19 bits per heavy atom. The van der Waals surface area contributed by atoms with Crippen molar-refractivity contribution in [3.63, 3.8) is 0 Å². The second-order valence-electron chi connectivity index (χ2n) is 6.13. The molecule has 1 aliphatic carbocycles. The Bertz CT molecular complexity index is 469. The standard InChI is InChI=1S/C17H27N3O/c1-4-16(17(21)19-15-7-5-6-8-15)20(3)12-14-9-10-18-13(2)11-14/h9-11,15-16H,4-8,12H2,1-3H3,(H,19,21)/t16-/m1/s1. The molecule has 1 atom stereocenters. The third-order valence-electron chi connectivity index (χ3n) is 4.32. The lowest BCUT2D eigenvalue weighted by Gasteiger charge is -2.27. The van der Waals surface area contributed by atoms with E-state index in [1.54, 1.807) is 0 Å². The molecule has 0 spiro atoms. The Morgan fingerprint density at radius 1 is 1.48 bits per heavy atom. The summed E-state index contributed by atoms with van der Waals surface area (Å²) >= 11 is 0. The van der Waals surface area contributed by atoms with Crippen molar-refractivity contribution in [1.29, 1.82) is 0 Å². The van der Waals surface area contributed by atoms with Crippen LogP contribution in [0, 0.1) is 6.92 Å². The van der Waals surface area contributed by atoms with E-state index >= 15 is 0 Å². The summed E-state index contributed by atoms with van der Waals surface area (Å²) in [6, 6.07) is 4.44. The van der Waals surface area contributed by atoms with Gasteiger partial charge in [-0.3, -0.25) is 14.7 Å². The van der Waals surface area contributed by atoms with Crippen LogP contribution in [0.4, 0.5) is 0 Å². The molecule has 4 heteroatoms. The Morgan fingerprint density at radius 3 is 2.81 bits per heavy atom. The molecule has 21 heavy (non-hydrogen) atoms. The number of nitrogens with zero attached hydrogens (tertiary/aromatic N) is 2. The summed E-state index contributed by atoms with van der Waals surface area (Å²) in [6.07, 6.45) is 7.42. The molecule has 0 aromatic carbocycles. The Kier molecular flexibility index (Phi) is 5.74. The maximum Gasteiger partial charge on any atom is 0.237 e. The van der Waals surface area contributed by atoms with Crippen molar-refractivity contribution in [2.24, 2.45) is 0 Å². The molecule has 1 saturated carbocycles. The van der Waals surface area contributed by atoms with Gasteiger partial charge in [0.05, 0.1) is 6.04 Å². The molecule has 1 fully saturated rings. The van der Waals surface area contributed by atoms with Crippen LogP contribution >= 0.6 is 0 Å². The number of likely N-dealkylation sites (N-methyl/N-ethyl adjacent to an activating group) is 1. The summed E-state index contributed by atoms with van der Waals surface area (Å²) in [5.74, 6) is 0.178. The van der Waals surface area contributed by atoms with Gasteiger partial charge in [-0.1, -0.05) is 19.8 Å². The maximum absolute atomic E-state index is 12.5. The fraction of sp³-hybridized carbons (Fsp3) is 0.647. The number of rotatable bonds is 6. The van der Waals surface area contributed by atoms with Gasteiger partial charge in [-0.2, -0.15) is 0 Å². The molecule has 1 aromatic rings. The van der Waals surface area contributed by atoms with E-state index in [1.807, 2.05) is 26.2 Å². The van der Waals surface area contributed by atoms with Gasteiger partial charge in [0.25, 0.3) is 0 Å². The number of nitrogens with one attached hydrogen (secondary N) is 1. The van der Waals surface area contributed by atoms with E-state index in [1.165, 1.54) is 18.4 Å². The zero-order chi connectivity index (χ0) is 15.2. The van der Waals surface area contributed by atoms with E-state index in [2.05, 4.69) is 28.2 Å². The van der Waals surface area contributed by atoms with E-state index in [0.29, 0.717) is 6.04 Å². The summed E-state index contributed by atoms with van der Waals surface area (Å²) in [4.78, 5) is 18.8. The lowest BCUT2D eigenvalue weighted by Crippen LogP contribution is -2.47. The van der Waals surface area contributed by atoms with Gasteiger partial charge in [-0.25, -0.2) is 0 Å².